The van der Waals surface area contributed by atoms with Gasteiger partial charge in [-0.2, -0.15) is 0 Å². The lowest BCUT2D eigenvalue weighted by Gasteiger charge is -2.16. The van der Waals surface area contributed by atoms with Crippen molar-refractivity contribution in [2.75, 3.05) is 19.0 Å². The van der Waals surface area contributed by atoms with Gasteiger partial charge in [0.05, 0.1) is 24.2 Å². The molecule has 1 heterocycles. The first-order chi connectivity index (χ1) is 9.22. The smallest absolute Gasteiger partial charge is 0.223 e. The summed E-state index contributed by atoms with van der Waals surface area (Å²) in [5, 5.41) is 12.5. The van der Waals surface area contributed by atoms with Crippen LogP contribution in [0.3, 0.4) is 0 Å². The topological polar surface area (TPSA) is 67.3 Å². The van der Waals surface area contributed by atoms with Gasteiger partial charge in [0.2, 0.25) is 5.95 Å². The van der Waals surface area contributed by atoms with Gasteiger partial charge in [-0.15, -0.1) is 0 Å². The lowest BCUT2D eigenvalue weighted by atomic mass is 10.1. The molecule has 1 aromatic carbocycles. The molecule has 1 aromatic heterocycles. The maximum Gasteiger partial charge on any atom is 0.223 e. The van der Waals surface area contributed by atoms with Crippen LogP contribution in [0.1, 0.15) is 11.6 Å². The summed E-state index contributed by atoms with van der Waals surface area (Å²) in [5.41, 5.74) is 0.940. The average molecular weight is 324 g/mol. The standard InChI is InChI=1S/C13H14BrN3O2/c1-19-11-4-2-9(3-5-11)12(8-18)17-13-15-6-10(14)7-16-13/h2-7,12,18H,8H2,1H3,(H,15,16,17)/t12-/m0/s1. The van der Waals surface area contributed by atoms with Gasteiger partial charge in [0.15, 0.2) is 0 Å². The highest BCUT2D eigenvalue weighted by atomic mass is 79.9. The second-order valence-electron chi connectivity index (χ2n) is 3.88. The second kappa shape index (κ2) is 6.49. The summed E-state index contributed by atoms with van der Waals surface area (Å²) < 4.78 is 5.91. The van der Waals surface area contributed by atoms with Crippen LogP contribution in [0.15, 0.2) is 41.1 Å². The van der Waals surface area contributed by atoms with E-state index in [1.165, 1.54) is 0 Å². The van der Waals surface area contributed by atoms with E-state index in [0.717, 1.165) is 15.8 Å². The summed E-state index contributed by atoms with van der Waals surface area (Å²) in [6.07, 6.45) is 3.30. The van der Waals surface area contributed by atoms with Crippen molar-refractivity contribution in [3.8, 4) is 5.75 Å². The summed E-state index contributed by atoms with van der Waals surface area (Å²) in [7, 11) is 1.62. The van der Waals surface area contributed by atoms with E-state index in [1.54, 1.807) is 19.5 Å². The van der Waals surface area contributed by atoms with Gasteiger partial charge in [-0.05, 0) is 33.6 Å². The zero-order valence-corrected chi connectivity index (χ0v) is 12.0. The van der Waals surface area contributed by atoms with Crippen LogP contribution in [-0.2, 0) is 0 Å². The maximum atomic E-state index is 9.46. The van der Waals surface area contributed by atoms with E-state index in [1.807, 2.05) is 24.3 Å². The number of rotatable bonds is 5. The molecule has 19 heavy (non-hydrogen) atoms. The van der Waals surface area contributed by atoms with Gasteiger partial charge in [0, 0.05) is 12.4 Å². The van der Waals surface area contributed by atoms with Crippen LogP contribution < -0.4 is 10.1 Å². The number of halogens is 1. The highest BCUT2D eigenvalue weighted by Gasteiger charge is 2.11. The number of methoxy groups -OCH3 is 1. The van der Waals surface area contributed by atoms with E-state index >= 15 is 0 Å². The number of hydrogen-bond donors (Lipinski definition) is 2. The molecule has 2 N–H and O–H groups in total. The Morgan fingerprint density at radius 2 is 1.89 bits per heavy atom. The molecule has 6 heteroatoms. The van der Waals surface area contributed by atoms with Gasteiger partial charge in [0.25, 0.3) is 0 Å². The van der Waals surface area contributed by atoms with E-state index in [9.17, 15) is 5.11 Å². The van der Waals surface area contributed by atoms with E-state index in [0.29, 0.717) is 5.95 Å². The second-order valence-corrected chi connectivity index (χ2v) is 4.79. The molecule has 0 saturated carbocycles. The monoisotopic (exact) mass is 323 g/mol. The quantitative estimate of drug-likeness (QED) is 0.884. The summed E-state index contributed by atoms with van der Waals surface area (Å²) in [6, 6.07) is 7.23. The van der Waals surface area contributed by atoms with Gasteiger partial charge >= 0.3 is 0 Å². The van der Waals surface area contributed by atoms with E-state index in [4.69, 9.17) is 4.74 Å². The Morgan fingerprint density at radius 1 is 1.26 bits per heavy atom. The molecule has 0 radical (unpaired) electrons. The first-order valence-corrected chi connectivity index (χ1v) is 6.51. The van der Waals surface area contributed by atoms with Gasteiger partial charge in [-0.1, -0.05) is 12.1 Å². The molecule has 0 unspecified atom stereocenters. The highest BCUT2D eigenvalue weighted by molar-refractivity contribution is 9.10. The van der Waals surface area contributed by atoms with Crippen molar-refractivity contribution in [3.63, 3.8) is 0 Å². The van der Waals surface area contributed by atoms with Crippen molar-refractivity contribution in [1.29, 1.82) is 0 Å². The Morgan fingerprint density at radius 3 is 2.42 bits per heavy atom. The molecule has 1 atom stereocenters. The zero-order chi connectivity index (χ0) is 13.7. The number of nitrogens with one attached hydrogen (secondary N) is 1. The molecule has 0 amide bonds. The molecule has 0 aliphatic heterocycles. The lowest BCUT2D eigenvalue weighted by molar-refractivity contribution is 0.275. The van der Waals surface area contributed by atoms with Gasteiger partial charge in [-0.3, -0.25) is 0 Å². The van der Waals surface area contributed by atoms with Crippen LogP contribution in [0.2, 0.25) is 0 Å². The minimum atomic E-state index is -0.257. The normalized spacial score (nSPS) is 11.9. The number of anilines is 1. The first-order valence-electron chi connectivity index (χ1n) is 5.72. The molecule has 0 aliphatic rings. The zero-order valence-electron chi connectivity index (χ0n) is 10.4. The molecular weight excluding hydrogens is 310 g/mol. The van der Waals surface area contributed by atoms with Crippen LogP contribution >= 0.6 is 15.9 Å². The van der Waals surface area contributed by atoms with E-state index in [2.05, 4.69) is 31.2 Å². The number of ether oxygens (including phenoxy) is 1. The van der Waals surface area contributed by atoms with Gasteiger partial charge < -0.3 is 15.2 Å². The minimum Gasteiger partial charge on any atom is -0.497 e. The van der Waals surface area contributed by atoms with Crippen LogP contribution in [0.25, 0.3) is 0 Å². The number of aliphatic hydroxyl groups excluding tert-OH is 1. The Labute approximate surface area is 119 Å². The Bertz CT molecular complexity index is 516. The van der Waals surface area contributed by atoms with Crippen molar-refractivity contribution < 1.29 is 9.84 Å². The minimum absolute atomic E-state index is 0.0498. The third-order valence-corrected chi connectivity index (χ3v) is 3.03. The van der Waals surface area contributed by atoms with E-state index < -0.39 is 0 Å². The summed E-state index contributed by atoms with van der Waals surface area (Å²) in [4.78, 5) is 8.24. The largest absolute Gasteiger partial charge is 0.497 e. The Kier molecular flexibility index (Phi) is 4.70. The molecule has 0 saturated heterocycles. The molecule has 0 fully saturated rings. The van der Waals surface area contributed by atoms with Crippen LogP contribution in [0.4, 0.5) is 5.95 Å². The third-order valence-electron chi connectivity index (χ3n) is 2.62. The predicted molar refractivity (Wildman–Crippen MR) is 76.2 cm³/mol. The number of aliphatic hydroxyl groups is 1. The van der Waals surface area contributed by atoms with Crippen LogP contribution in [0.5, 0.6) is 5.75 Å². The molecule has 0 aliphatic carbocycles. The summed E-state index contributed by atoms with van der Waals surface area (Å²) in [5.74, 6) is 1.25. The van der Waals surface area contributed by atoms with Crippen molar-refractivity contribution in [1.82, 2.24) is 9.97 Å². The van der Waals surface area contributed by atoms with Crippen molar-refractivity contribution in [3.05, 3.63) is 46.7 Å². The van der Waals surface area contributed by atoms with E-state index in [-0.39, 0.29) is 12.6 Å². The lowest BCUT2D eigenvalue weighted by Crippen LogP contribution is -2.16. The molecule has 100 valence electrons. The molecule has 5 nitrogen and oxygen atoms in total. The molecular formula is C13H14BrN3O2. The van der Waals surface area contributed by atoms with Crippen molar-refractivity contribution in [2.24, 2.45) is 0 Å². The fourth-order valence-corrected chi connectivity index (χ4v) is 1.82. The van der Waals surface area contributed by atoms with Crippen molar-refractivity contribution >= 4 is 21.9 Å². The molecule has 0 spiro atoms. The molecule has 2 aromatic rings. The highest BCUT2D eigenvalue weighted by Crippen LogP contribution is 2.20. The van der Waals surface area contributed by atoms with Crippen LogP contribution in [-0.4, -0.2) is 28.8 Å². The SMILES string of the molecule is COc1ccc([C@H](CO)Nc2ncc(Br)cn2)cc1. The Balaban J connectivity index is 2.12. The fraction of sp³-hybridized carbons (Fsp3) is 0.231. The Hall–Kier alpha value is -1.66. The van der Waals surface area contributed by atoms with Crippen LogP contribution in [0, 0.1) is 0 Å². The number of nitrogens with zero attached hydrogens (tertiary/aromatic N) is 2. The average Bonchev–Trinajstić information content (AvgIpc) is 2.47. The number of aromatic nitrogens is 2. The maximum absolute atomic E-state index is 9.46. The number of benzene rings is 1. The third kappa shape index (κ3) is 3.65. The molecule has 2 rings (SSSR count). The fourth-order valence-electron chi connectivity index (χ4n) is 1.61. The first kappa shape index (κ1) is 13.8. The molecule has 0 bridgehead atoms. The van der Waals surface area contributed by atoms with Gasteiger partial charge in [0.1, 0.15) is 5.75 Å². The summed E-state index contributed by atoms with van der Waals surface area (Å²) >= 11 is 3.27. The summed E-state index contributed by atoms with van der Waals surface area (Å²) in [6.45, 7) is -0.0498. The van der Waals surface area contributed by atoms with Gasteiger partial charge in [-0.25, -0.2) is 9.97 Å². The number of hydrogen-bond acceptors (Lipinski definition) is 5. The van der Waals surface area contributed by atoms with Crippen molar-refractivity contribution in [2.45, 2.75) is 6.04 Å². The predicted octanol–water partition coefficient (Wildman–Crippen LogP) is 2.39.